The number of benzene rings is 2. The van der Waals surface area contributed by atoms with E-state index in [0.29, 0.717) is 30.2 Å². The van der Waals surface area contributed by atoms with Gasteiger partial charge in [-0.2, -0.15) is 5.10 Å². The van der Waals surface area contributed by atoms with Gasteiger partial charge in [0.1, 0.15) is 17.2 Å². The third-order valence-electron chi connectivity index (χ3n) is 5.37. The summed E-state index contributed by atoms with van der Waals surface area (Å²) in [6.07, 6.45) is 0.612. The maximum atomic E-state index is 12.9. The Balaban J connectivity index is 1.48. The van der Waals surface area contributed by atoms with Crippen molar-refractivity contribution in [2.75, 3.05) is 23.4 Å². The van der Waals surface area contributed by atoms with Crippen molar-refractivity contribution >= 4 is 33.1 Å². The zero-order chi connectivity index (χ0) is 23.4. The molecule has 0 bridgehead atoms. The van der Waals surface area contributed by atoms with Crippen molar-refractivity contribution in [1.82, 2.24) is 5.01 Å². The molecule has 9 nitrogen and oxygen atoms in total. The van der Waals surface area contributed by atoms with Crippen LogP contribution in [-0.2, 0) is 19.4 Å². The molecule has 1 atom stereocenters. The minimum absolute atomic E-state index is 0.0226. The molecule has 2 aromatic carbocycles. The lowest BCUT2D eigenvalue weighted by atomic mass is 10.1. The number of carbonyl (C=O) groups is 2. The van der Waals surface area contributed by atoms with E-state index >= 15 is 0 Å². The van der Waals surface area contributed by atoms with Crippen LogP contribution in [0.2, 0.25) is 0 Å². The Morgan fingerprint density at radius 1 is 1.12 bits per heavy atom. The number of anilines is 1. The second kappa shape index (κ2) is 9.62. The molecule has 0 spiro atoms. The SMILES string of the molecule is CCOc1ccc(Oc2ccccc2NC(=O)C2=NN(C3CCS(=O)(=O)C3)C(=O)CC2)cc1. The summed E-state index contributed by atoms with van der Waals surface area (Å²) in [6, 6.07) is 13.6. The second-order valence-corrected chi connectivity index (χ2v) is 10.0. The van der Waals surface area contributed by atoms with Crippen molar-refractivity contribution in [2.24, 2.45) is 5.10 Å². The van der Waals surface area contributed by atoms with Crippen LogP contribution in [-0.4, -0.2) is 55.1 Å². The van der Waals surface area contributed by atoms with E-state index in [0.717, 1.165) is 5.75 Å². The van der Waals surface area contributed by atoms with E-state index < -0.39 is 21.8 Å². The zero-order valence-corrected chi connectivity index (χ0v) is 19.0. The lowest BCUT2D eigenvalue weighted by Crippen LogP contribution is -2.42. The minimum atomic E-state index is -3.18. The van der Waals surface area contributed by atoms with E-state index in [1.165, 1.54) is 5.01 Å². The molecule has 33 heavy (non-hydrogen) atoms. The van der Waals surface area contributed by atoms with Gasteiger partial charge in [-0.15, -0.1) is 0 Å². The third-order valence-corrected chi connectivity index (χ3v) is 7.12. The average Bonchev–Trinajstić information content (AvgIpc) is 3.16. The Morgan fingerprint density at radius 2 is 1.85 bits per heavy atom. The van der Waals surface area contributed by atoms with Crippen LogP contribution in [0.4, 0.5) is 5.69 Å². The molecule has 0 saturated carbocycles. The highest BCUT2D eigenvalue weighted by molar-refractivity contribution is 7.91. The van der Waals surface area contributed by atoms with Gasteiger partial charge in [0.25, 0.3) is 5.91 Å². The molecular weight excluding hydrogens is 446 g/mol. The van der Waals surface area contributed by atoms with Crippen LogP contribution in [0, 0.1) is 0 Å². The molecule has 0 aliphatic carbocycles. The van der Waals surface area contributed by atoms with Gasteiger partial charge in [0, 0.05) is 12.8 Å². The summed E-state index contributed by atoms with van der Waals surface area (Å²) >= 11 is 0. The number of carbonyl (C=O) groups excluding carboxylic acids is 2. The predicted octanol–water partition coefficient (Wildman–Crippen LogP) is 2.98. The number of nitrogens with zero attached hydrogens (tertiary/aromatic N) is 2. The number of hydrazone groups is 1. The standard InChI is InChI=1S/C23H25N3O6S/c1-2-31-17-7-9-18(10-8-17)32-21-6-4-3-5-19(21)24-23(28)20-11-12-22(27)26(25-20)16-13-14-33(29,30)15-16/h3-10,16H,2,11-15H2,1H3,(H,24,28). The molecule has 2 amide bonds. The van der Waals surface area contributed by atoms with Crippen molar-refractivity contribution < 1.29 is 27.5 Å². The normalized spacial score (nSPS) is 19.7. The van der Waals surface area contributed by atoms with E-state index in [2.05, 4.69) is 10.4 Å². The minimum Gasteiger partial charge on any atom is -0.494 e. The van der Waals surface area contributed by atoms with E-state index in [1.807, 2.05) is 6.92 Å². The summed E-state index contributed by atoms with van der Waals surface area (Å²) in [6.45, 7) is 2.48. The number of hydrogen-bond acceptors (Lipinski definition) is 7. The monoisotopic (exact) mass is 471 g/mol. The quantitative estimate of drug-likeness (QED) is 0.664. The van der Waals surface area contributed by atoms with Crippen LogP contribution in [0.1, 0.15) is 26.2 Å². The van der Waals surface area contributed by atoms with Crippen LogP contribution >= 0.6 is 0 Å². The fraction of sp³-hybridized carbons (Fsp3) is 0.348. The molecule has 2 aliphatic rings. The molecule has 1 N–H and O–H groups in total. The smallest absolute Gasteiger partial charge is 0.271 e. The average molecular weight is 472 g/mol. The predicted molar refractivity (Wildman–Crippen MR) is 123 cm³/mol. The third kappa shape index (κ3) is 5.51. The fourth-order valence-electron chi connectivity index (χ4n) is 3.74. The Kier molecular flexibility index (Phi) is 6.64. The Morgan fingerprint density at radius 3 is 2.55 bits per heavy atom. The lowest BCUT2D eigenvalue weighted by molar-refractivity contribution is -0.133. The van der Waals surface area contributed by atoms with Gasteiger partial charge in [-0.3, -0.25) is 9.59 Å². The number of hydrogen-bond donors (Lipinski definition) is 1. The number of para-hydroxylation sites is 2. The first-order valence-electron chi connectivity index (χ1n) is 10.8. The van der Waals surface area contributed by atoms with Crippen LogP contribution in [0.15, 0.2) is 53.6 Å². The molecule has 1 saturated heterocycles. The van der Waals surface area contributed by atoms with Crippen LogP contribution in [0.5, 0.6) is 17.2 Å². The summed E-state index contributed by atoms with van der Waals surface area (Å²) in [5, 5.41) is 8.19. The number of ether oxygens (including phenoxy) is 2. The van der Waals surface area contributed by atoms with Crippen molar-refractivity contribution in [3.63, 3.8) is 0 Å². The Labute approximate surface area is 192 Å². The van der Waals surface area contributed by atoms with Gasteiger partial charge in [0.2, 0.25) is 5.91 Å². The van der Waals surface area contributed by atoms with Crippen LogP contribution in [0.3, 0.4) is 0 Å². The number of sulfone groups is 1. The number of amides is 2. The van der Waals surface area contributed by atoms with Crippen LogP contribution < -0.4 is 14.8 Å². The van der Waals surface area contributed by atoms with Gasteiger partial charge in [0.15, 0.2) is 15.6 Å². The largest absolute Gasteiger partial charge is 0.494 e. The van der Waals surface area contributed by atoms with Gasteiger partial charge in [0.05, 0.1) is 29.8 Å². The van der Waals surface area contributed by atoms with Gasteiger partial charge in [-0.25, -0.2) is 13.4 Å². The molecule has 2 heterocycles. The van der Waals surface area contributed by atoms with Gasteiger partial charge in [-0.1, -0.05) is 12.1 Å². The van der Waals surface area contributed by atoms with Crippen molar-refractivity contribution in [3.8, 4) is 17.2 Å². The summed E-state index contributed by atoms with van der Waals surface area (Å²) < 4.78 is 35.0. The van der Waals surface area contributed by atoms with E-state index in [9.17, 15) is 18.0 Å². The summed E-state index contributed by atoms with van der Waals surface area (Å²) in [5.74, 6) is 0.917. The van der Waals surface area contributed by atoms with E-state index in [-0.39, 0.29) is 36.0 Å². The summed E-state index contributed by atoms with van der Waals surface area (Å²) in [5.41, 5.74) is 0.626. The van der Waals surface area contributed by atoms with Crippen molar-refractivity contribution in [1.29, 1.82) is 0 Å². The molecule has 2 aliphatic heterocycles. The molecule has 0 radical (unpaired) electrons. The Bertz CT molecular complexity index is 1180. The van der Waals surface area contributed by atoms with Gasteiger partial charge in [-0.05, 0) is 49.7 Å². The molecule has 0 aromatic heterocycles. The summed E-state index contributed by atoms with van der Waals surface area (Å²) in [4.78, 5) is 25.2. The second-order valence-electron chi connectivity index (χ2n) is 7.80. The zero-order valence-electron chi connectivity index (χ0n) is 18.2. The van der Waals surface area contributed by atoms with Gasteiger partial charge < -0.3 is 14.8 Å². The molecule has 10 heteroatoms. The summed E-state index contributed by atoms with van der Waals surface area (Å²) in [7, 11) is -3.18. The first-order valence-corrected chi connectivity index (χ1v) is 12.6. The highest BCUT2D eigenvalue weighted by atomic mass is 32.2. The molecular formula is C23H25N3O6S. The number of nitrogens with one attached hydrogen (secondary N) is 1. The molecule has 1 unspecified atom stereocenters. The Hall–Kier alpha value is -3.40. The highest BCUT2D eigenvalue weighted by Gasteiger charge is 2.37. The first-order chi connectivity index (χ1) is 15.8. The molecule has 174 valence electrons. The lowest BCUT2D eigenvalue weighted by Gasteiger charge is -2.27. The van der Waals surface area contributed by atoms with Crippen LogP contribution in [0.25, 0.3) is 0 Å². The van der Waals surface area contributed by atoms with Crippen molar-refractivity contribution in [3.05, 3.63) is 48.5 Å². The molecule has 4 rings (SSSR count). The molecule has 2 aromatic rings. The van der Waals surface area contributed by atoms with E-state index in [4.69, 9.17) is 9.47 Å². The maximum absolute atomic E-state index is 12.9. The topological polar surface area (TPSA) is 114 Å². The van der Waals surface area contributed by atoms with Gasteiger partial charge >= 0.3 is 0 Å². The highest BCUT2D eigenvalue weighted by Crippen LogP contribution is 2.31. The fourth-order valence-corrected chi connectivity index (χ4v) is 5.43. The van der Waals surface area contributed by atoms with E-state index in [1.54, 1.807) is 48.5 Å². The molecule has 1 fully saturated rings. The first kappa shape index (κ1) is 22.8. The number of rotatable bonds is 7. The maximum Gasteiger partial charge on any atom is 0.271 e. The van der Waals surface area contributed by atoms with Crippen molar-refractivity contribution in [2.45, 2.75) is 32.2 Å².